The molecule has 2 N–H and O–H groups in total. The standard InChI is InChI=1S/C29H24N6O5S/c1-17-7-13-20(14-8-17)35-27(37)22(34(29(35)41)16-23-28(38)40-32-33(23)2)15-25(36)30-19-11-9-18(10-12-19)26-31-21-5-3-4-6-24(21)39-26/h3-14,22H,15-16H2,1-2H3,(H-,30,31,32,36,38)/p+1. The van der Waals surface area contributed by atoms with Gasteiger partial charge >= 0.3 is 11.3 Å². The molecule has 5 aromatic rings. The molecule has 2 aromatic heterocycles. The summed E-state index contributed by atoms with van der Waals surface area (Å²) in [6, 6.07) is 21.0. The molecular weight excluding hydrogens is 544 g/mol. The molecule has 1 saturated heterocycles. The molecule has 1 unspecified atom stereocenters. The summed E-state index contributed by atoms with van der Waals surface area (Å²) in [5, 5.41) is 5.51. The normalized spacial score (nSPS) is 15.2. The smallest absolute Gasteiger partial charge is 0.431 e. The summed E-state index contributed by atoms with van der Waals surface area (Å²) in [5.74, 6) is -0.270. The Balaban J connectivity index is 1.22. The van der Waals surface area contributed by atoms with Crippen molar-refractivity contribution in [3.05, 3.63) is 94.5 Å². The molecule has 206 valence electrons. The van der Waals surface area contributed by atoms with E-state index in [0.717, 1.165) is 16.6 Å². The molecule has 0 spiro atoms. The third-order valence-electron chi connectivity index (χ3n) is 6.93. The lowest BCUT2D eigenvalue weighted by molar-refractivity contribution is -0.746. The number of rotatable bonds is 7. The molecule has 0 bridgehead atoms. The lowest BCUT2D eigenvalue weighted by Gasteiger charge is -2.21. The number of thiocarbonyl (C=S) groups is 1. The average molecular weight is 570 g/mol. The Morgan fingerprint density at radius 3 is 2.49 bits per heavy atom. The van der Waals surface area contributed by atoms with E-state index in [1.807, 2.05) is 43.3 Å². The highest BCUT2D eigenvalue weighted by atomic mass is 32.1. The van der Waals surface area contributed by atoms with E-state index in [1.165, 1.54) is 9.58 Å². The fraction of sp³-hybridized carbons (Fsp3) is 0.172. The Kier molecular flexibility index (Phi) is 6.67. The second kappa shape index (κ2) is 10.5. The summed E-state index contributed by atoms with van der Waals surface area (Å²) < 4.78 is 12.1. The molecule has 3 aromatic carbocycles. The number of aromatic amines is 1. The third-order valence-corrected chi connectivity index (χ3v) is 7.35. The lowest BCUT2D eigenvalue weighted by Crippen LogP contribution is -2.44. The van der Waals surface area contributed by atoms with E-state index in [4.69, 9.17) is 21.2 Å². The van der Waals surface area contributed by atoms with Crippen molar-refractivity contribution in [2.24, 2.45) is 7.05 Å². The van der Waals surface area contributed by atoms with Gasteiger partial charge in [0.15, 0.2) is 17.7 Å². The predicted molar refractivity (Wildman–Crippen MR) is 154 cm³/mol. The van der Waals surface area contributed by atoms with Gasteiger partial charge in [-0.1, -0.05) is 34.5 Å². The molecule has 1 aliphatic rings. The number of para-hydroxylation sites is 2. The minimum Gasteiger partial charge on any atom is -0.436 e. The molecule has 2 amide bonds. The number of anilines is 2. The number of nitrogens with zero attached hydrogens (tertiary/aromatic N) is 4. The highest BCUT2D eigenvalue weighted by Gasteiger charge is 2.45. The summed E-state index contributed by atoms with van der Waals surface area (Å²) in [6.07, 6.45) is -0.187. The van der Waals surface area contributed by atoms with Gasteiger partial charge in [0, 0.05) is 11.3 Å². The largest absolute Gasteiger partial charge is 0.436 e. The van der Waals surface area contributed by atoms with Crippen molar-refractivity contribution >= 4 is 51.6 Å². The van der Waals surface area contributed by atoms with E-state index < -0.39 is 11.7 Å². The van der Waals surface area contributed by atoms with E-state index in [0.29, 0.717) is 22.8 Å². The average Bonchev–Trinajstić information content (AvgIpc) is 3.60. The van der Waals surface area contributed by atoms with E-state index >= 15 is 0 Å². The number of amides is 2. The first-order chi connectivity index (χ1) is 19.8. The van der Waals surface area contributed by atoms with Crippen molar-refractivity contribution in [3.8, 4) is 11.5 Å². The molecule has 0 aliphatic carbocycles. The summed E-state index contributed by atoms with van der Waals surface area (Å²) in [6.45, 7) is 1.92. The van der Waals surface area contributed by atoms with Crippen molar-refractivity contribution in [1.82, 2.24) is 15.2 Å². The van der Waals surface area contributed by atoms with Crippen LogP contribution in [0.25, 0.3) is 22.6 Å². The molecule has 0 radical (unpaired) electrons. The Morgan fingerprint density at radius 1 is 1.07 bits per heavy atom. The number of carbonyl (C=O) groups is 2. The van der Waals surface area contributed by atoms with Gasteiger partial charge in [-0.25, -0.2) is 9.78 Å². The number of oxazole rings is 1. The van der Waals surface area contributed by atoms with Crippen LogP contribution in [0.5, 0.6) is 0 Å². The van der Waals surface area contributed by atoms with Crippen LogP contribution < -0.4 is 20.5 Å². The molecule has 41 heavy (non-hydrogen) atoms. The van der Waals surface area contributed by atoms with Crippen LogP contribution in [0.1, 0.15) is 17.7 Å². The fourth-order valence-electron chi connectivity index (χ4n) is 4.72. The third kappa shape index (κ3) is 5.00. The molecule has 6 rings (SSSR count). The van der Waals surface area contributed by atoms with Gasteiger partial charge in [-0.05, 0) is 72.9 Å². The number of benzene rings is 3. The first-order valence-corrected chi connectivity index (χ1v) is 13.2. The van der Waals surface area contributed by atoms with Crippen molar-refractivity contribution < 1.29 is 23.2 Å². The number of carbonyl (C=O) groups excluding carboxylic acids is 2. The summed E-state index contributed by atoms with van der Waals surface area (Å²) >= 11 is 5.69. The number of aromatic nitrogens is 3. The van der Waals surface area contributed by atoms with E-state index in [9.17, 15) is 14.4 Å². The van der Waals surface area contributed by atoms with Crippen LogP contribution in [0.3, 0.4) is 0 Å². The van der Waals surface area contributed by atoms with Gasteiger partial charge in [0.25, 0.3) is 5.91 Å². The van der Waals surface area contributed by atoms with Crippen molar-refractivity contribution in [1.29, 1.82) is 0 Å². The quantitative estimate of drug-likeness (QED) is 0.225. The van der Waals surface area contributed by atoms with Crippen LogP contribution in [0.2, 0.25) is 0 Å². The van der Waals surface area contributed by atoms with Crippen molar-refractivity contribution in [2.75, 3.05) is 10.2 Å². The van der Waals surface area contributed by atoms with E-state index in [-0.39, 0.29) is 35.6 Å². The molecule has 1 aliphatic heterocycles. The zero-order valence-corrected chi connectivity index (χ0v) is 23.0. The summed E-state index contributed by atoms with van der Waals surface area (Å²) in [7, 11) is 1.62. The predicted octanol–water partition coefficient (Wildman–Crippen LogP) is 3.44. The molecule has 3 heterocycles. The first kappa shape index (κ1) is 26.1. The number of hydrogen-bond donors (Lipinski definition) is 2. The monoisotopic (exact) mass is 569 g/mol. The Morgan fingerprint density at radius 2 is 1.80 bits per heavy atom. The maximum atomic E-state index is 13.7. The second-order valence-corrected chi connectivity index (χ2v) is 10.1. The minimum atomic E-state index is -0.933. The molecule has 1 fully saturated rings. The van der Waals surface area contributed by atoms with Crippen molar-refractivity contribution in [3.63, 3.8) is 0 Å². The number of fused-ring (bicyclic) bond motifs is 1. The molecular formula is C29H25N6O5S+. The van der Waals surface area contributed by atoms with Crippen LogP contribution in [-0.4, -0.2) is 38.1 Å². The van der Waals surface area contributed by atoms with Crippen LogP contribution >= 0.6 is 12.2 Å². The highest BCUT2D eigenvalue weighted by molar-refractivity contribution is 7.80. The molecule has 1 atom stereocenters. The Bertz CT molecular complexity index is 1810. The summed E-state index contributed by atoms with van der Waals surface area (Å²) in [4.78, 5) is 46.6. The topological polar surface area (TPSA) is 129 Å². The van der Waals surface area contributed by atoms with Gasteiger partial charge in [0.05, 0.1) is 12.1 Å². The zero-order chi connectivity index (χ0) is 28.7. The second-order valence-electron chi connectivity index (χ2n) is 9.74. The van der Waals surface area contributed by atoms with Crippen LogP contribution in [0.4, 0.5) is 11.4 Å². The number of hydrogen-bond acceptors (Lipinski definition) is 7. The van der Waals surface area contributed by atoms with Gasteiger partial charge in [0.1, 0.15) is 18.1 Å². The number of nitrogens with one attached hydrogen (secondary N) is 2. The molecule has 0 saturated carbocycles. The van der Waals surface area contributed by atoms with E-state index in [1.54, 1.807) is 48.3 Å². The van der Waals surface area contributed by atoms with Gasteiger partial charge in [-0.2, -0.15) is 0 Å². The number of H-pyrrole nitrogens is 1. The van der Waals surface area contributed by atoms with Crippen LogP contribution in [0, 0.1) is 6.92 Å². The summed E-state index contributed by atoms with van der Waals surface area (Å²) in [5.41, 5.74) is 4.03. The van der Waals surface area contributed by atoms with Crippen LogP contribution in [-0.2, 0) is 23.2 Å². The fourth-order valence-corrected chi connectivity index (χ4v) is 5.10. The first-order valence-electron chi connectivity index (χ1n) is 12.8. The lowest BCUT2D eigenvalue weighted by atomic mass is 10.1. The van der Waals surface area contributed by atoms with Gasteiger partial charge in [-0.3, -0.25) is 19.0 Å². The SMILES string of the molecule is Cc1ccc(N2C(=O)C(CC(=O)Nc3ccc(-c4nc5ccccc5o4)cc3)N(Cc3c(=O)o[nH][n+]3C)C2=S)cc1. The maximum Gasteiger partial charge on any atom is 0.431 e. The van der Waals surface area contributed by atoms with Gasteiger partial charge in [-0.15, -0.1) is 0 Å². The zero-order valence-electron chi connectivity index (χ0n) is 22.2. The Hall–Kier alpha value is -5.10. The van der Waals surface area contributed by atoms with Gasteiger partial charge in [0.2, 0.25) is 11.8 Å². The number of aryl methyl sites for hydroxylation is 2. The van der Waals surface area contributed by atoms with Crippen molar-refractivity contribution in [2.45, 2.75) is 25.9 Å². The Labute approximate surface area is 238 Å². The van der Waals surface area contributed by atoms with Gasteiger partial charge < -0.3 is 14.6 Å². The van der Waals surface area contributed by atoms with Crippen LogP contribution in [0.15, 0.2) is 86.5 Å². The minimum absolute atomic E-state index is 0.0214. The molecule has 12 heteroatoms. The molecule has 11 nitrogen and oxygen atoms in total. The highest BCUT2D eigenvalue weighted by Crippen LogP contribution is 2.29. The maximum absolute atomic E-state index is 13.7. The van der Waals surface area contributed by atoms with E-state index in [2.05, 4.69) is 15.6 Å².